The van der Waals surface area contributed by atoms with Crippen LogP contribution in [0.25, 0.3) is 21.3 Å². The van der Waals surface area contributed by atoms with E-state index in [-0.39, 0.29) is 31.0 Å². The SMILES string of the molecule is CCOC(=O)CCCS(=O)(=O)NC(=O)c1nc(N2CCc3cccc(C(=O)Nc4nc5ccccc5s4)c3C2)ccc1-c1cnn(CC2CCCCC2)c1C. The number of pyridine rings is 1. The molecule has 3 aromatic heterocycles. The molecule has 2 amide bonds. The largest absolute Gasteiger partial charge is 0.466 e. The zero-order valence-electron chi connectivity index (χ0n) is 31.0. The molecule has 1 aliphatic carbocycles. The lowest BCUT2D eigenvalue weighted by molar-refractivity contribution is -0.143. The number of anilines is 2. The Morgan fingerprint density at radius 3 is 2.58 bits per heavy atom. The number of para-hydroxylation sites is 1. The Bertz CT molecular complexity index is 2300. The van der Waals surface area contributed by atoms with Gasteiger partial charge in [0.25, 0.3) is 11.8 Å². The van der Waals surface area contributed by atoms with Crippen LogP contribution in [0.15, 0.2) is 60.8 Å². The second-order valence-electron chi connectivity index (χ2n) is 14.1. The van der Waals surface area contributed by atoms with Gasteiger partial charge in [-0.25, -0.2) is 23.1 Å². The van der Waals surface area contributed by atoms with Crippen LogP contribution in [0.4, 0.5) is 10.9 Å². The molecule has 0 spiro atoms. The van der Waals surface area contributed by atoms with Crippen LogP contribution in [0.1, 0.15) is 89.5 Å². The van der Waals surface area contributed by atoms with Crippen molar-refractivity contribution in [3.05, 3.63) is 88.9 Å². The number of amides is 2. The van der Waals surface area contributed by atoms with E-state index in [1.165, 1.54) is 30.6 Å². The standard InChI is InChI=1S/C40H45N7O6S2/c1-3-53-36(48)17-10-22-55(51,52)45-39(50)37-29(31-23-41-47(26(31)2)24-27-11-5-4-6-12-27)18-19-35(43-37)46-21-20-28-13-9-14-30(32(28)25-46)38(49)44-40-42-33-15-7-8-16-34(33)54-40/h7-9,13-16,18-19,23,27H,3-6,10-12,17,20-22,24-25H2,1-2H3,(H,45,50)(H,42,44,49). The van der Waals surface area contributed by atoms with Crippen LogP contribution >= 0.6 is 11.3 Å². The summed E-state index contributed by atoms with van der Waals surface area (Å²) < 4.78 is 36.3. The maximum absolute atomic E-state index is 14.0. The number of nitrogens with zero attached hydrogens (tertiary/aromatic N) is 5. The molecule has 288 valence electrons. The number of thiazole rings is 1. The van der Waals surface area contributed by atoms with Crippen molar-refractivity contribution in [1.82, 2.24) is 24.5 Å². The van der Waals surface area contributed by atoms with Crippen molar-refractivity contribution >= 4 is 60.3 Å². The van der Waals surface area contributed by atoms with Crippen LogP contribution in [0, 0.1) is 12.8 Å². The molecule has 1 fully saturated rings. The summed E-state index contributed by atoms with van der Waals surface area (Å²) >= 11 is 1.41. The van der Waals surface area contributed by atoms with Gasteiger partial charge in [0.05, 0.1) is 28.8 Å². The number of aromatic nitrogens is 4. The van der Waals surface area contributed by atoms with Crippen LogP contribution in [-0.2, 0) is 39.1 Å². The van der Waals surface area contributed by atoms with E-state index in [4.69, 9.17) is 9.72 Å². The Kier molecular flexibility index (Phi) is 11.6. The fourth-order valence-corrected chi connectivity index (χ4v) is 9.35. The van der Waals surface area contributed by atoms with Gasteiger partial charge >= 0.3 is 5.97 Å². The van der Waals surface area contributed by atoms with E-state index in [1.807, 2.05) is 59.0 Å². The van der Waals surface area contributed by atoms with E-state index in [0.717, 1.165) is 46.4 Å². The lowest BCUT2D eigenvalue weighted by Crippen LogP contribution is -2.35. The van der Waals surface area contributed by atoms with Crippen LogP contribution in [-0.4, -0.2) is 64.9 Å². The normalized spacial score (nSPS) is 14.8. The zero-order chi connectivity index (χ0) is 38.5. The number of carbonyl (C=O) groups excluding carboxylic acids is 3. The lowest BCUT2D eigenvalue weighted by Gasteiger charge is -2.31. The first-order valence-electron chi connectivity index (χ1n) is 18.9. The summed E-state index contributed by atoms with van der Waals surface area (Å²) in [5, 5.41) is 8.17. The van der Waals surface area contributed by atoms with Crippen molar-refractivity contribution in [2.75, 3.05) is 29.1 Å². The first kappa shape index (κ1) is 38.1. The summed E-state index contributed by atoms with van der Waals surface area (Å²) in [4.78, 5) is 50.8. The van der Waals surface area contributed by atoms with Gasteiger partial charge in [-0.15, -0.1) is 0 Å². The second kappa shape index (κ2) is 16.7. The molecular weight excluding hydrogens is 739 g/mol. The predicted molar refractivity (Wildman–Crippen MR) is 213 cm³/mol. The van der Waals surface area contributed by atoms with Crippen molar-refractivity contribution in [3.8, 4) is 11.1 Å². The predicted octanol–water partition coefficient (Wildman–Crippen LogP) is 6.66. The van der Waals surface area contributed by atoms with Crippen molar-refractivity contribution < 1.29 is 27.5 Å². The molecule has 7 rings (SSSR count). The van der Waals surface area contributed by atoms with Crippen molar-refractivity contribution in [1.29, 1.82) is 0 Å². The molecule has 15 heteroatoms. The van der Waals surface area contributed by atoms with Crippen LogP contribution in [0.2, 0.25) is 0 Å². The minimum atomic E-state index is -4.12. The van der Waals surface area contributed by atoms with Gasteiger partial charge in [-0.1, -0.05) is 54.9 Å². The monoisotopic (exact) mass is 783 g/mol. The molecule has 1 aliphatic heterocycles. The van der Waals surface area contributed by atoms with E-state index < -0.39 is 27.7 Å². The highest BCUT2D eigenvalue weighted by molar-refractivity contribution is 7.90. The zero-order valence-corrected chi connectivity index (χ0v) is 32.7. The summed E-state index contributed by atoms with van der Waals surface area (Å²) in [7, 11) is -4.12. The maximum Gasteiger partial charge on any atom is 0.305 e. The highest BCUT2D eigenvalue weighted by Gasteiger charge is 2.28. The van der Waals surface area contributed by atoms with Crippen molar-refractivity contribution in [3.63, 3.8) is 0 Å². The third-order valence-electron chi connectivity index (χ3n) is 10.3. The van der Waals surface area contributed by atoms with Gasteiger partial charge in [-0.05, 0) is 86.9 Å². The number of esters is 1. The van der Waals surface area contributed by atoms with Gasteiger partial charge in [0, 0.05) is 48.4 Å². The molecule has 5 aromatic rings. The highest BCUT2D eigenvalue weighted by Crippen LogP contribution is 2.33. The summed E-state index contributed by atoms with van der Waals surface area (Å²) in [5.41, 5.74) is 5.18. The molecule has 2 aliphatic rings. The van der Waals surface area contributed by atoms with Gasteiger partial charge in [0.1, 0.15) is 11.5 Å². The third kappa shape index (κ3) is 8.89. The Hall–Kier alpha value is -5.15. The van der Waals surface area contributed by atoms with E-state index in [9.17, 15) is 22.8 Å². The smallest absolute Gasteiger partial charge is 0.305 e. The number of rotatable bonds is 13. The quantitative estimate of drug-likeness (QED) is 0.123. The molecule has 0 atom stereocenters. The van der Waals surface area contributed by atoms with Gasteiger partial charge in [0.15, 0.2) is 5.13 Å². The molecule has 13 nitrogen and oxygen atoms in total. The van der Waals surface area contributed by atoms with E-state index in [1.54, 1.807) is 25.3 Å². The number of fused-ring (bicyclic) bond motifs is 2. The van der Waals surface area contributed by atoms with Gasteiger partial charge in [-0.2, -0.15) is 5.10 Å². The first-order valence-corrected chi connectivity index (χ1v) is 21.3. The Balaban J connectivity index is 1.16. The minimum Gasteiger partial charge on any atom is -0.466 e. The number of hydrogen-bond acceptors (Lipinski definition) is 11. The fourth-order valence-electron chi connectivity index (χ4n) is 7.48. The topological polar surface area (TPSA) is 165 Å². The lowest BCUT2D eigenvalue weighted by atomic mass is 9.89. The summed E-state index contributed by atoms with van der Waals surface area (Å²) in [6, 6.07) is 17.0. The van der Waals surface area contributed by atoms with Crippen LogP contribution in [0.3, 0.4) is 0 Å². The Labute approximate surface area is 324 Å². The van der Waals surface area contributed by atoms with Crippen LogP contribution < -0.4 is 14.9 Å². The molecule has 0 saturated heterocycles. The van der Waals surface area contributed by atoms with Crippen molar-refractivity contribution in [2.24, 2.45) is 5.92 Å². The van der Waals surface area contributed by atoms with E-state index in [2.05, 4.69) is 20.1 Å². The number of carbonyl (C=O) groups is 3. The molecule has 2 aromatic carbocycles. The summed E-state index contributed by atoms with van der Waals surface area (Å²) in [6.45, 7) is 5.51. The van der Waals surface area contributed by atoms with E-state index >= 15 is 0 Å². The van der Waals surface area contributed by atoms with E-state index in [0.29, 0.717) is 53.1 Å². The number of ether oxygens (including phenoxy) is 1. The Morgan fingerprint density at radius 2 is 1.78 bits per heavy atom. The molecule has 2 N–H and O–H groups in total. The Morgan fingerprint density at radius 1 is 0.964 bits per heavy atom. The molecule has 0 bridgehead atoms. The van der Waals surface area contributed by atoms with Crippen molar-refractivity contribution in [2.45, 2.75) is 78.3 Å². The maximum atomic E-state index is 14.0. The van der Waals surface area contributed by atoms with Crippen LogP contribution in [0.5, 0.6) is 0 Å². The summed E-state index contributed by atoms with van der Waals surface area (Å²) in [6.07, 6.45) is 8.22. The second-order valence-corrected chi connectivity index (χ2v) is 17.0. The minimum absolute atomic E-state index is 0.00309. The third-order valence-corrected chi connectivity index (χ3v) is 12.6. The number of hydrogen-bond donors (Lipinski definition) is 2. The molecular formula is C40H45N7O6S2. The highest BCUT2D eigenvalue weighted by atomic mass is 32.2. The molecule has 4 heterocycles. The number of nitrogens with one attached hydrogen (secondary N) is 2. The summed E-state index contributed by atoms with van der Waals surface area (Å²) in [5.74, 6) is -1.08. The molecule has 1 saturated carbocycles. The molecule has 0 unspecified atom stereocenters. The molecule has 0 radical (unpaired) electrons. The number of sulfonamides is 1. The average molecular weight is 784 g/mol. The first-order chi connectivity index (χ1) is 26.6. The van der Waals surface area contributed by atoms with Gasteiger partial charge in [-0.3, -0.25) is 24.4 Å². The average Bonchev–Trinajstić information content (AvgIpc) is 3.76. The fraction of sp³-hybridized carbons (Fsp3) is 0.400. The van der Waals surface area contributed by atoms with Gasteiger partial charge in [0.2, 0.25) is 10.0 Å². The van der Waals surface area contributed by atoms with Gasteiger partial charge < -0.3 is 9.64 Å². The number of benzene rings is 2. The molecule has 55 heavy (non-hydrogen) atoms.